The molecule has 1 aromatic carbocycles. The summed E-state index contributed by atoms with van der Waals surface area (Å²) in [5.74, 6) is -1.35. The Hall–Kier alpha value is -2.55. The topological polar surface area (TPSA) is 163 Å². The molecule has 12 heteroatoms. The van der Waals surface area contributed by atoms with E-state index in [0.29, 0.717) is 18.5 Å². The fourth-order valence-corrected chi connectivity index (χ4v) is 7.18. The molecule has 2 bridgehead atoms. The minimum absolute atomic E-state index is 0.369. The molecule has 6 heterocycles. The number of methoxy groups -OCH3 is 1. The molecule has 0 aliphatic carbocycles. The average molecular weight is 545 g/mol. The predicted octanol–water partition coefficient (Wildman–Crippen LogP) is -0.557. The summed E-state index contributed by atoms with van der Waals surface area (Å²) < 4.78 is 29.5. The van der Waals surface area contributed by atoms with Gasteiger partial charge in [0, 0.05) is 36.3 Å². The summed E-state index contributed by atoms with van der Waals surface area (Å²) in [6.45, 7) is 0.772. The van der Waals surface area contributed by atoms with Crippen LogP contribution in [0.15, 0.2) is 36.1 Å². The molecule has 3 saturated heterocycles. The first-order valence-corrected chi connectivity index (χ1v) is 13.3. The van der Waals surface area contributed by atoms with E-state index in [1.807, 2.05) is 18.2 Å². The Labute approximate surface area is 223 Å². The lowest BCUT2D eigenvalue weighted by Gasteiger charge is -2.50. The Morgan fingerprint density at radius 1 is 1.18 bits per heavy atom. The van der Waals surface area contributed by atoms with Crippen LogP contribution in [0.4, 0.5) is 0 Å². The zero-order valence-corrected chi connectivity index (χ0v) is 21.3. The SMILES string of the molecule is COC(=O)C1=COC(OC2OC(CO)C(O)C(O)C2O)C2C3CN4CCc5c([nH]c6ccccc56)C4(CC12)O3. The van der Waals surface area contributed by atoms with Gasteiger partial charge in [0.25, 0.3) is 0 Å². The number of aromatic nitrogens is 1. The van der Waals surface area contributed by atoms with Gasteiger partial charge < -0.3 is 49.1 Å². The number of H-pyrrole nitrogens is 1. The zero-order valence-electron chi connectivity index (χ0n) is 21.3. The Balaban J connectivity index is 1.25. The van der Waals surface area contributed by atoms with Gasteiger partial charge in [-0.1, -0.05) is 18.2 Å². The van der Waals surface area contributed by atoms with Crippen LogP contribution in [-0.2, 0) is 40.6 Å². The van der Waals surface area contributed by atoms with E-state index < -0.39 is 67.3 Å². The summed E-state index contributed by atoms with van der Waals surface area (Å²) in [6.07, 6.45) is -5.98. The molecule has 0 saturated carbocycles. The predicted molar refractivity (Wildman–Crippen MR) is 132 cm³/mol. The van der Waals surface area contributed by atoms with Crippen molar-refractivity contribution in [1.29, 1.82) is 0 Å². The molecule has 39 heavy (non-hydrogen) atoms. The number of benzene rings is 1. The Bertz CT molecular complexity index is 1310. The third-order valence-electron chi connectivity index (χ3n) is 9.06. The van der Waals surface area contributed by atoms with E-state index in [2.05, 4.69) is 16.0 Å². The second-order valence-electron chi connectivity index (χ2n) is 11.0. The van der Waals surface area contributed by atoms with Crippen LogP contribution in [0.25, 0.3) is 10.9 Å². The molecule has 210 valence electrons. The van der Waals surface area contributed by atoms with Gasteiger partial charge in [0.1, 0.15) is 24.4 Å². The number of nitrogens with zero attached hydrogens (tertiary/aromatic N) is 1. The van der Waals surface area contributed by atoms with Crippen LogP contribution >= 0.6 is 0 Å². The maximum absolute atomic E-state index is 12.9. The lowest BCUT2D eigenvalue weighted by molar-refractivity contribution is -0.350. The Morgan fingerprint density at radius 2 is 2.00 bits per heavy atom. The van der Waals surface area contributed by atoms with Gasteiger partial charge in [0.2, 0.25) is 6.29 Å². The number of aliphatic hydroxyl groups is 4. The summed E-state index contributed by atoms with van der Waals surface area (Å²) in [6, 6.07) is 8.17. The van der Waals surface area contributed by atoms with E-state index in [9.17, 15) is 25.2 Å². The number of rotatable bonds is 4. The highest BCUT2D eigenvalue weighted by molar-refractivity contribution is 5.89. The summed E-state index contributed by atoms with van der Waals surface area (Å²) >= 11 is 0. The van der Waals surface area contributed by atoms with Gasteiger partial charge in [0.15, 0.2) is 12.0 Å². The van der Waals surface area contributed by atoms with Gasteiger partial charge in [-0.3, -0.25) is 4.90 Å². The highest BCUT2D eigenvalue weighted by Gasteiger charge is 2.64. The lowest BCUT2D eigenvalue weighted by atomic mass is 9.73. The molecule has 1 spiro atoms. The molecule has 5 N–H and O–H groups in total. The van der Waals surface area contributed by atoms with Crippen molar-refractivity contribution >= 4 is 16.9 Å². The van der Waals surface area contributed by atoms with Gasteiger partial charge >= 0.3 is 5.97 Å². The van der Waals surface area contributed by atoms with Crippen LogP contribution < -0.4 is 0 Å². The second kappa shape index (κ2) is 9.25. The maximum atomic E-state index is 12.9. The van der Waals surface area contributed by atoms with Crippen molar-refractivity contribution in [3.63, 3.8) is 0 Å². The molecule has 7 rings (SSSR count). The molecule has 12 nitrogen and oxygen atoms in total. The molecule has 10 unspecified atom stereocenters. The minimum Gasteiger partial charge on any atom is -0.471 e. The van der Waals surface area contributed by atoms with E-state index in [-0.39, 0.29) is 5.92 Å². The molecule has 0 amide bonds. The van der Waals surface area contributed by atoms with Crippen molar-refractivity contribution in [2.24, 2.45) is 11.8 Å². The molecule has 0 radical (unpaired) electrons. The standard InChI is InChI=1S/C27H32N2O10/c1-35-24(34)15-11-36-25(38-26-22(33)21(32)20(31)18(10-30)37-26)19-14(15)8-27-23-13(6-7-29(27)9-17(19)39-27)12-4-2-3-5-16(12)28-23/h2-5,11,14,17-22,25-26,28,30-33H,6-10H2,1H3. The van der Waals surface area contributed by atoms with Crippen LogP contribution in [0.1, 0.15) is 17.7 Å². The molecular weight excluding hydrogens is 512 g/mol. The number of hydrogen-bond acceptors (Lipinski definition) is 11. The fraction of sp³-hybridized carbons (Fsp3) is 0.593. The Kier molecular flexibility index (Phi) is 6.03. The van der Waals surface area contributed by atoms with Crippen LogP contribution in [0.3, 0.4) is 0 Å². The number of hydrogen-bond donors (Lipinski definition) is 5. The van der Waals surface area contributed by atoms with E-state index >= 15 is 0 Å². The number of esters is 1. The normalized spacial score (nSPS) is 41.3. The first-order valence-electron chi connectivity index (χ1n) is 13.3. The summed E-state index contributed by atoms with van der Waals surface area (Å²) in [5, 5.41) is 41.7. The van der Waals surface area contributed by atoms with Gasteiger partial charge in [-0.25, -0.2) is 4.79 Å². The fourth-order valence-electron chi connectivity index (χ4n) is 7.18. The zero-order chi connectivity index (χ0) is 27.1. The molecule has 5 aliphatic heterocycles. The van der Waals surface area contributed by atoms with Crippen LogP contribution in [0.2, 0.25) is 0 Å². The molecule has 3 fully saturated rings. The largest absolute Gasteiger partial charge is 0.471 e. The van der Waals surface area contributed by atoms with Crippen LogP contribution in [0, 0.1) is 11.8 Å². The van der Waals surface area contributed by atoms with Crippen molar-refractivity contribution in [3.8, 4) is 0 Å². The van der Waals surface area contributed by atoms with Crippen LogP contribution in [0.5, 0.6) is 0 Å². The quantitative estimate of drug-likeness (QED) is 0.314. The number of nitrogens with one attached hydrogen (secondary N) is 1. The molecule has 1 aromatic heterocycles. The first kappa shape index (κ1) is 25.4. The van der Waals surface area contributed by atoms with Crippen molar-refractivity contribution < 1.29 is 48.9 Å². The summed E-state index contributed by atoms with van der Waals surface area (Å²) in [4.78, 5) is 18.8. The number of aromatic amines is 1. The van der Waals surface area contributed by atoms with Gasteiger partial charge in [-0.05, 0) is 18.1 Å². The summed E-state index contributed by atoms with van der Waals surface area (Å²) in [5.41, 5.74) is 2.85. The molecule has 2 aromatic rings. The van der Waals surface area contributed by atoms with Crippen molar-refractivity contribution in [2.75, 3.05) is 26.8 Å². The van der Waals surface area contributed by atoms with E-state index in [1.54, 1.807) is 0 Å². The minimum atomic E-state index is -1.59. The van der Waals surface area contributed by atoms with Crippen LogP contribution in [-0.4, -0.2) is 106 Å². The van der Waals surface area contributed by atoms with Gasteiger partial charge in [0.05, 0.1) is 43.3 Å². The van der Waals surface area contributed by atoms with Gasteiger partial charge in [-0.15, -0.1) is 0 Å². The third kappa shape index (κ3) is 3.64. The molecule has 10 atom stereocenters. The van der Waals surface area contributed by atoms with Crippen molar-refractivity contribution in [3.05, 3.63) is 47.4 Å². The summed E-state index contributed by atoms with van der Waals surface area (Å²) in [7, 11) is 1.32. The van der Waals surface area contributed by atoms with E-state index in [1.165, 1.54) is 18.9 Å². The number of carbonyl (C=O) groups is 1. The highest BCUT2D eigenvalue weighted by atomic mass is 16.8. The van der Waals surface area contributed by atoms with E-state index in [4.69, 9.17) is 23.7 Å². The number of para-hydroxylation sites is 1. The smallest absolute Gasteiger partial charge is 0.337 e. The Morgan fingerprint density at radius 3 is 2.79 bits per heavy atom. The average Bonchev–Trinajstić information content (AvgIpc) is 3.48. The number of aliphatic hydroxyl groups excluding tert-OH is 4. The number of carbonyl (C=O) groups excluding carboxylic acids is 1. The van der Waals surface area contributed by atoms with Gasteiger partial charge in [-0.2, -0.15) is 0 Å². The first-order chi connectivity index (χ1) is 18.9. The molecular formula is C27H32N2O10. The van der Waals surface area contributed by atoms with Crippen molar-refractivity contribution in [1.82, 2.24) is 9.88 Å². The number of ether oxygens (including phenoxy) is 5. The monoisotopic (exact) mass is 544 g/mol. The molecule has 5 aliphatic rings. The van der Waals surface area contributed by atoms with E-state index in [0.717, 1.165) is 29.6 Å². The lowest BCUT2D eigenvalue weighted by Crippen LogP contribution is -2.61. The number of fused-ring (bicyclic) bond motifs is 6. The second-order valence-corrected chi connectivity index (χ2v) is 11.0. The van der Waals surface area contributed by atoms with Crippen molar-refractivity contribution in [2.45, 2.75) is 61.7 Å². The maximum Gasteiger partial charge on any atom is 0.337 e. The highest BCUT2D eigenvalue weighted by Crippen LogP contribution is 2.57. The third-order valence-corrected chi connectivity index (χ3v) is 9.06.